The summed E-state index contributed by atoms with van der Waals surface area (Å²) < 4.78 is 27.8. The average molecular weight is 358 g/mol. The van der Waals surface area contributed by atoms with Gasteiger partial charge in [-0.1, -0.05) is 0 Å². The summed E-state index contributed by atoms with van der Waals surface area (Å²) in [5.74, 6) is -0.659. The first-order chi connectivity index (χ1) is 12.5. The number of nitriles is 1. The van der Waals surface area contributed by atoms with Gasteiger partial charge in [-0.25, -0.2) is 18.7 Å². The third-order valence-electron chi connectivity index (χ3n) is 4.17. The van der Waals surface area contributed by atoms with Gasteiger partial charge in [-0.15, -0.1) is 0 Å². The lowest BCUT2D eigenvalue weighted by Gasteiger charge is -2.36. The number of aromatic nitrogens is 3. The number of carbonyl (C=O) groups excluding carboxylic acids is 1. The van der Waals surface area contributed by atoms with Gasteiger partial charge in [-0.05, 0) is 19.4 Å². The average Bonchev–Trinajstić information content (AvgIpc) is 2.64. The molecule has 2 aromatic heterocycles. The maximum Gasteiger partial charge on any atom is 0.253 e. The van der Waals surface area contributed by atoms with E-state index in [1.54, 1.807) is 11.8 Å². The minimum atomic E-state index is -1.34. The van der Waals surface area contributed by atoms with E-state index in [9.17, 15) is 13.6 Å². The lowest BCUT2D eigenvalue weighted by atomic mass is 10.0. The molecule has 2 atom stereocenters. The number of halogens is 2. The summed E-state index contributed by atoms with van der Waals surface area (Å²) in [4.78, 5) is 25.5. The Morgan fingerprint density at radius 2 is 2.23 bits per heavy atom. The fraction of sp³-hybridized carbons (Fsp3) is 0.353. The van der Waals surface area contributed by atoms with Crippen LogP contribution in [-0.2, 0) is 0 Å². The molecular weight excluding hydrogens is 342 g/mol. The highest BCUT2D eigenvalue weighted by molar-refractivity contribution is 5.94. The van der Waals surface area contributed by atoms with Crippen LogP contribution in [0.4, 0.5) is 14.6 Å². The number of alkyl halides is 1. The van der Waals surface area contributed by atoms with E-state index in [2.05, 4.69) is 20.3 Å². The number of amides is 1. The van der Waals surface area contributed by atoms with Crippen molar-refractivity contribution >= 4 is 11.7 Å². The van der Waals surface area contributed by atoms with E-state index in [-0.39, 0.29) is 17.9 Å². The molecule has 3 rings (SSSR count). The molecule has 26 heavy (non-hydrogen) atoms. The molecule has 0 saturated carbocycles. The van der Waals surface area contributed by atoms with Crippen molar-refractivity contribution in [3.05, 3.63) is 47.4 Å². The Balaban J connectivity index is 1.67. The quantitative estimate of drug-likeness (QED) is 0.894. The lowest BCUT2D eigenvalue weighted by molar-refractivity contribution is 0.0897. The van der Waals surface area contributed by atoms with E-state index in [4.69, 9.17) is 5.26 Å². The molecule has 9 heteroatoms. The zero-order valence-electron chi connectivity index (χ0n) is 14.0. The molecule has 1 amide bonds. The van der Waals surface area contributed by atoms with Gasteiger partial charge in [0.2, 0.25) is 5.82 Å². The van der Waals surface area contributed by atoms with Gasteiger partial charge in [0.1, 0.15) is 23.9 Å². The first-order valence-corrected chi connectivity index (χ1v) is 8.02. The predicted molar refractivity (Wildman–Crippen MR) is 88.7 cm³/mol. The Bertz CT molecular complexity index is 869. The summed E-state index contributed by atoms with van der Waals surface area (Å²) in [6, 6.07) is 2.23. The summed E-state index contributed by atoms with van der Waals surface area (Å²) in [5.41, 5.74) is 0.787. The van der Waals surface area contributed by atoms with Crippen molar-refractivity contribution in [3.63, 3.8) is 0 Å². The van der Waals surface area contributed by atoms with E-state index in [0.29, 0.717) is 18.8 Å². The van der Waals surface area contributed by atoms with Gasteiger partial charge in [0.05, 0.1) is 24.3 Å². The molecule has 2 unspecified atom stereocenters. The van der Waals surface area contributed by atoms with E-state index < -0.39 is 23.9 Å². The second kappa shape index (κ2) is 7.39. The second-order valence-electron chi connectivity index (χ2n) is 6.03. The number of aryl methyl sites for hydroxylation is 1. The minimum absolute atomic E-state index is 0.0229. The molecular formula is C17H16F2N6O. The van der Waals surface area contributed by atoms with Crippen LogP contribution in [0.15, 0.2) is 24.7 Å². The van der Waals surface area contributed by atoms with Gasteiger partial charge in [0, 0.05) is 24.5 Å². The van der Waals surface area contributed by atoms with Gasteiger partial charge in [0.25, 0.3) is 5.91 Å². The fourth-order valence-corrected chi connectivity index (χ4v) is 2.85. The number of pyridine rings is 1. The smallest absolute Gasteiger partial charge is 0.253 e. The van der Waals surface area contributed by atoms with E-state index >= 15 is 0 Å². The Morgan fingerprint density at radius 3 is 2.92 bits per heavy atom. The molecule has 1 aliphatic rings. The summed E-state index contributed by atoms with van der Waals surface area (Å²) in [5, 5.41) is 11.5. The molecule has 0 aromatic carbocycles. The van der Waals surface area contributed by atoms with Crippen LogP contribution in [-0.4, -0.2) is 46.2 Å². The van der Waals surface area contributed by atoms with Crippen molar-refractivity contribution in [2.45, 2.75) is 25.6 Å². The summed E-state index contributed by atoms with van der Waals surface area (Å²) in [6.07, 6.45) is 2.76. The van der Waals surface area contributed by atoms with Gasteiger partial charge < -0.3 is 10.2 Å². The van der Waals surface area contributed by atoms with Crippen LogP contribution in [0, 0.1) is 24.1 Å². The van der Waals surface area contributed by atoms with Crippen LogP contribution in [0.1, 0.15) is 28.2 Å². The Kier molecular flexibility index (Phi) is 5.02. The SMILES string of the molecule is Cc1cnc(C#N)nc1N1CCC(NC(=O)c2cncc(F)c2)C(F)C1. The minimum Gasteiger partial charge on any atom is -0.353 e. The van der Waals surface area contributed by atoms with Crippen LogP contribution in [0.3, 0.4) is 0 Å². The first kappa shape index (κ1) is 17.7. The molecule has 3 heterocycles. The van der Waals surface area contributed by atoms with Gasteiger partial charge in [-0.3, -0.25) is 9.78 Å². The van der Waals surface area contributed by atoms with Crippen LogP contribution < -0.4 is 10.2 Å². The molecule has 1 N–H and O–H groups in total. The number of rotatable bonds is 3. The lowest BCUT2D eigenvalue weighted by Crippen LogP contribution is -2.52. The normalized spacial score (nSPS) is 19.7. The van der Waals surface area contributed by atoms with Crippen molar-refractivity contribution < 1.29 is 13.6 Å². The monoisotopic (exact) mass is 358 g/mol. The number of nitrogens with zero attached hydrogens (tertiary/aromatic N) is 5. The summed E-state index contributed by atoms with van der Waals surface area (Å²) in [7, 11) is 0. The first-order valence-electron chi connectivity index (χ1n) is 8.02. The molecule has 1 saturated heterocycles. The van der Waals surface area contributed by atoms with Crippen molar-refractivity contribution in [1.29, 1.82) is 5.26 Å². The maximum absolute atomic E-state index is 14.6. The summed E-state index contributed by atoms with van der Waals surface area (Å²) in [6.45, 7) is 2.26. The van der Waals surface area contributed by atoms with Crippen LogP contribution in [0.5, 0.6) is 0 Å². The number of anilines is 1. The molecule has 0 spiro atoms. The molecule has 1 fully saturated rings. The van der Waals surface area contributed by atoms with Gasteiger partial charge in [-0.2, -0.15) is 5.26 Å². The van der Waals surface area contributed by atoms with Crippen molar-refractivity contribution in [3.8, 4) is 6.07 Å². The van der Waals surface area contributed by atoms with Crippen molar-refractivity contribution in [2.75, 3.05) is 18.0 Å². The third-order valence-corrected chi connectivity index (χ3v) is 4.17. The van der Waals surface area contributed by atoms with Crippen LogP contribution in [0.25, 0.3) is 0 Å². The van der Waals surface area contributed by atoms with E-state index in [0.717, 1.165) is 17.8 Å². The molecule has 0 radical (unpaired) electrons. The molecule has 7 nitrogen and oxygen atoms in total. The van der Waals surface area contributed by atoms with Crippen molar-refractivity contribution in [1.82, 2.24) is 20.3 Å². The number of piperidine rings is 1. The number of hydrogen-bond donors (Lipinski definition) is 1. The molecule has 134 valence electrons. The highest BCUT2D eigenvalue weighted by Crippen LogP contribution is 2.23. The van der Waals surface area contributed by atoms with Crippen LogP contribution >= 0.6 is 0 Å². The summed E-state index contributed by atoms with van der Waals surface area (Å²) >= 11 is 0. The highest BCUT2D eigenvalue weighted by atomic mass is 19.1. The Hall–Kier alpha value is -3.15. The topological polar surface area (TPSA) is 94.8 Å². The molecule has 2 aromatic rings. The Labute approximate surface area is 148 Å². The standard InChI is InChI=1S/C17H16F2N6O/c1-10-6-22-15(5-20)24-16(10)25-3-2-14(13(19)9-25)23-17(26)11-4-12(18)8-21-7-11/h4,6-8,13-14H,2-3,9H2,1H3,(H,23,26). The molecule has 0 bridgehead atoms. The molecule has 1 aliphatic heterocycles. The Morgan fingerprint density at radius 1 is 1.42 bits per heavy atom. The zero-order valence-corrected chi connectivity index (χ0v) is 14.0. The second-order valence-corrected chi connectivity index (χ2v) is 6.03. The third kappa shape index (κ3) is 3.74. The van der Waals surface area contributed by atoms with Gasteiger partial charge in [0.15, 0.2) is 0 Å². The molecule has 0 aliphatic carbocycles. The van der Waals surface area contributed by atoms with E-state index in [1.165, 1.54) is 12.4 Å². The predicted octanol–water partition coefficient (Wildman–Crippen LogP) is 1.54. The van der Waals surface area contributed by atoms with Gasteiger partial charge >= 0.3 is 0 Å². The maximum atomic E-state index is 14.6. The van der Waals surface area contributed by atoms with Crippen LogP contribution in [0.2, 0.25) is 0 Å². The fourth-order valence-electron chi connectivity index (χ4n) is 2.85. The zero-order chi connectivity index (χ0) is 18.7. The number of nitrogens with one attached hydrogen (secondary N) is 1. The van der Waals surface area contributed by atoms with E-state index in [1.807, 2.05) is 6.07 Å². The van der Waals surface area contributed by atoms with Crippen molar-refractivity contribution in [2.24, 2.45) is 0 Å². The largest absolute Gasteiger partial charge is 0.353 e. The number of carbonyl (C=O) groups is 1. The highest BCUT2D eigenvalue weighted by Gasteiger charge is 2.32. The number of hydrogen-bond acceptors (Lipinski definition) is 6.